The van der Waals surface area contributed by atoms with E-state index in [-0.39, 0.29) is 5.56 Å². The first-order valence-electron chi connectivity index (χ1n) is 6.78. The SMILES string of the molecule is C[C@H](OC(=O)c1cccc(F)c1)C(=O)Nc1ccccc1C#N. The number of amides is 1. The molecule has 0 spiro atoms. The number of benzene rings is 2. The van der Waals surface area contributed by atoms with Crippen molar-refractivity contribution in [3.8, 4) is 6.07 Å². The smallest absolute Gasteiger partial charge is 0.339 e. The van der Waals surface area contributed by atoms with Crippen LogP contribution in [-0.2, 0) is 9.53 Å². The molecule has 0 fully saturated rings. The van der Waals surface area contributed by atoms with Gasteiger partial charge in [0, 0.05) is 0 Å². The zero-order valence-electron chi connectivity index (χ0n) is 12.2. The average Bonchev–Trinajstić information content (AvgIpc) is 2.55. The fourth-order valence-electron chi connectivity index (χ4n) is 1.82. The van der Waals surface area contributed by atoms with E-state index in [2.05, 4.69) is 5.32 Å². The molecule has 1 atom stereocenters. The highest BCUT2D eigenvalue weighted by molar-refractivity contribution is 5.98. The Morgan fingerprint density at radius 2 is 1.96 bits per heavy atom. The molecule has 6 heteroatoms. The summed E-state index contributed by atoms with van der Waals surface area (Å²) in [5, 5.41) is 11.5. The van der Waals surface area contributed by atoms with Crippen molar-refractivity contribution < 1.29 is 18.7 Å². The molecule has 1 N–H and O–H groups in total. The van der Waals surface area contributed by atoms with Gasteiger partial charge in [-0.2, -0.15) is 5.26 Å². The van der Waals surface area contributed by atoms with Crippen LogP contribution in [0.3, 0.4) is 0 Å². The van der Waals surface area contributed by atoms with E-state index < -0.39 is 23.8 Å². The lowest BCUT2D eigenvalue weighted by Crippen LogP contribution is -2.30. The normalized spacial score (nSPS) is 11.2. The van der Waals surface area contributed by atoms with Gasteiger partial charge in [-0.25, -0.2) is 9.18 Å². The number of carbonyl (C=O) groups is 2. The quantitative estimate of drug-likeness (QED) is 0.880. The van der Waals surface area contributed by atoms with Gasteiger partial charge in [-0.1, -0.05) is 18.2 Å². The number of hydrogen-bond donors (Lipinski definition) is 1. The Morgan fingerprint density at radius 1 is 1.22 bits per heavy atom. The van der Waals surface area contributed by atoms with Gasteiger partial charge in [0.1, 0.15) is 11.9 Å². The molecule has 0 aromatic heterocycles. The van der Waals surface area contributed by atoms with E-state index in [0.29, 0.717) is 11.3 Å². The second-order valence-electron chi connectivity index (χ2n) is 4.70. The van der Waals surface area contributed by atoms with Gasteiger partial charge < -0.3 is 10.1 Å². The standard InChI is InChI=1S/C17H13FN2O3/c1-11(23-17(22)12-6-4-7-14(18)9-12)16(21)20-15-8-3-2-5-13(15)10-19/h2-9,11H,1H3,(H,20,21)/t11-/m0/s1. The third kappa shape index (κ3) is 4.14. The van der Waals surface area contributed by atoms with Crippen LogP contribution < -0.4 is 5.32 Å². The van der Waals surface area contributed by atoms with E-state index in [0.717, 1.165) is 6.07 Å². The Hall–Kier alpha value is -3.20. The lowest BCUT2D eigenvalue weighted by atomic mass is 10.2. The van der Waals surface area contributed by atoms with Crippen molar-refractivity contribution in [1.29, 1.82) is 5.26 Å². The van der Waals surface area contributed by atoms with Gasteiger partial charge in [0.2, 0.25) is 0 Å². The third-order valence-corrected chi connectivity index (χ3v) is 3.02. The van der Waals surface area contributed by atoms with Crippen molar-refractivity contribution in [3.63, 3.8) is 0 Å². The molecule has 0 radical (unpaired) electrons. The molecule has 2 aromatic carbocycles. The van der Waals surface area contributed by atoms with Crippen molar-refractivity contribution >= 4 is 17.6 Å². The minimum absolute atomic E-state index is 0.0158. The molecule has 0 unspecified atom stereocenters. The lowest BCUT2D eigenvalue weighted by Gasteiger charge is -2.14. The number of ether oxygens (including phenoxy) is 1. The Bertz CT molecular complexity index is 783. The monoisotopic (exact) mass is 312 g/mol. The molecule has 0 heterocycles. The highest BCUT2D eigenvalue weighted by Gasteiger charge is 2.20. The second-order valence-corrected chi connectivity index (χ2v) is 4.70. The van der Waals surface area contributed by atoms with E-state index in [9.17, 15) is 14.0 Å². The number of carbonyl (C=O) groups excluding carboxylic acids is 2. The van der Waals surface area contributed by atoms with E-state index in [1.165, 1.54) is 25.1 Å². The van der Waals surface area contributed by atoms with Crippen LogP contribution in [-0.4, -0.2) is 18.0 Å². The topological polar surface area (TPSA) is 79.2 Å². The van der Waals surface area contributed by atoms with E-state index in [1.54, 1.807) is 24.3 Å². The van der Waals surface area contributed by atoms with Crippen LogP contribution in [0.1, 0.15) is 22.8 Å². The zero-order valence-corrected chi connectivity index (χ0v) is 12.2. The van der Waals surface area contributed by atoms with Gasteiger partial charge >= 0.3 is 5.97 Å². The summed E-state index contributed by atoms with van der Waals surface area (Å²) in [6, 6.07) is 13.4. The molecule has 0 aliphatic carbocycles. The summed E-state index contributed by atoms with van der Waals surface area (Å²) in [6.45, 7) is 1.39. The van der Waals surface area contributed by atoms with E-state index >= 15 is 0 Å². The first-order chi connectivity index (χ1) is 11.0. The Labute approximate surface area is 132 Å². The molecular weight excluding hydrogens is 299 g/mol. The number of hydrogen-bond acceptors (Lipinski definition) is 4. The number of rotatable bonds is 4. The molecule has 0 saturated carbocycles. The predicted octanol–water partition coefficient (Wildman–Crippen LogP) is 2.88. The van der Waals surface area contributed by atoms with E-state index in [4.69, 9.17) is 10.00 Å². The molecule has 0 aliphatic heterocycles. The van der Waals surface area contributed by atoms with Crippen molar-refractivity contribution in [2.45, 2.75) is 13.0 Å². The summed E-state index contributed by atoms with van der Waals surface area (Å²) >= 11 is 0. The maximum absolute atomic E-state index is 13.1. The Morgan fingerprint density at radius 3 is 2.65 bits per heavy atom. The van der Waals surface area contributed by atoms with Crippen LogP contribution in [0.4, 0.5) is 10.1 Å². The first kappa shape index (κ1) is 16.2. The summed E-state index contributed by atoms with van der Waals surface area (Å²) in [5.41, 5.74) is 0.639. The summed E-state index contributed by atoms with van der Waals surface area (Å²) in [5.74, 6) is -1.96. The fourth-order valence-corrected chi connectivity index (χ4v) is 1.82. The van der Waals surface area contributed by atoms with Gasteiger partial charge in [0.25, 0.3) is 5.91 Å². The van der Waals surface area contributed by atoms with Crippen molar-refractivity contribution in [2.75, 3.05) is 5.32 Å². The maximum Gasteiger partial charge on any atom is 0.339 e. The van der Waals surface area contributed by atoms with Crippen LogP contribution in [0.15, 0.2) is 48.5 Å². The average molecular weight is 312 g/mol. The largest absolute Gasteiger partial charge is 0.449 e. The fraction of sp³-hybridized carbons (Fsp3) is 0.118. The zero-order chi connectivity index (χ0) is 16.8. The highest BCUT2D eigenvalue weighted by atomic mass is 19.1. The summed E-state index contributed by atoms with van der Waals surface area (Å²) in [4.78, 5) is 23.9. The van der Waals surface area contributed by atoms with Crippen LogP contribution in [0.2, 0.25) is 0 Å². The number of nitriles is 1. The molecule has 5 nitrogen and oxygen atoms in total. The number of esters is 1. The van der Waals surface area contributed by atoms with Crippen molar-refractivity contribution in [2.24, 2.45) is 0 Å². The van der Waals surface area contributed by atoms with Crippen molar-refractivity contribution in [3.05, 3.63) is 65.5 Å². The van der Waals surface area contributed by atoms with Crippen LogP contribution >= 0.6 is 0 Å². The number of halogens is 1. The van der Waals surface area contributed by atoms with Gasteiger partial charge in [0.05, 0.1) is 16.8 Å². The first-order valence-corrected chi connectivity index (χ1v) is 6.78. The number of para-hydroxylation sites is 1. The molecule has 1 amide bonds. The number of nitrogens with zero attached hydrogens (tertiary/aromatic N) is 1. The molecular formula is C17H13FN2O3. The van der Waals surface area contributed by atoms with Gasteiger partial charge in [-0.3, -0.25) is 4.79 Å². The van der Waals surface area contributed by atoms with Gasteiger partial charge in [-0.05, 0) is 37.3 Å². The van der Waals surface area contributed by atoms with Crippen molar-refractivity contribution in [1.82, 2.24) is 0 Å². The second kappa shape index (κ2) is 7.18. The molecule has 0 bridgehead atoms. The summed E-state index contributed by atoms with van der Waals surface area (Å²) in [6.07, 6.45) is -1.10. The predicted molar refractivity (Wildman–Crippen MR) is 81.1 cm³/mol. The molecule has 116 valence electrons. The lowest BCUT2D eigenvalue weighted by molar-refractivity contribution is -0.123. The highest BCUT2D eigenvalue weighted by Crippen LogP contribution is 2.14. The number of nitrogens with one attached hydrogen (secondary N) is 1. The van der Waals surface area contributed by atoms with Gasteiger partial charge in [0.15, 0.2) is 6.10 Å². The minimum Gasteiger partial charge on any atom is -0.449 e. The van der Waals surface area contributed by atoms with Crippen LogP contribution in [0, 0.1) is 17.1 Å². The third-order valence-electron chi connectivity index (χ3n) is 3.02. The molecule has 2 aromatic rings. The Kier molecular flexibility index (Phi) is 5.05. The van der Waals surface area contributed by atoms with Crippen LogP contribution in [0.5, 0.6) is 0 Å². The van der Waals surface area contributed by atoms with E-state index in [1.807, 2.05) is 6.07 Å². The Balaban J connectivity index is 2.03. The molecule has 0 aliphatic rings. The summed E-state index contributed by atoms with van der Waals surface area (Å²) in [7, 11) is 0. The maximum atomic E-state index is 13.1. The van der Waals surface area contributed by atoms with Crippen LogP contribution in [0.25, 0.3) is 0 Å². The molecule has 2 rings (SSSR count). The number of anilines is 1. The molecule has 0 saturated heterocycles. The van der Waals surface area contributed by atoms with Gasteiger partial charge in [-0.15, -0.1) is 0 Å². The molecule has 23 heavy (non-hydrogen) atoms. The summed E-state index contributed by atoms with van der Waals surface area (Å²) < 4.78 is 18.1. The minimum atomic E-state index is -1.10.